The lowest BCUT2D eigenvalue weighted by Gasteiger charge is -2.06. The van der Waals surface area contributed by atoms with Crippen LogP contribution in [0.1, 0.15) is 28.8 Å². The number of carbonyl (C=O) groups excluding carboxylic acids is 1. The van der Waals surface area contributed by atoms with E-state index in [4.69, 9.17) is 0 Å². The highest BCUT2D eigenvalue weighted by Gasteiger charge is 2.19. The molecule has 1 aliphatic carbocycles. The number of hydrogen-bond donors (Lipinski definition) is 2. The second kappa shape index (κ2) is 5.79. The number of rotatable bonds is 6. The molecule has 0 heterocycles. The van der Waals surface area contributed by atoms with Gasteiger partial charge in [0.05, 0.1) is 4.92 Å². The number of nitrogens with one attached hydrogen (secondary N) is 2. The Balaban J connectivity index is 1.91. The fraction of sp³-hybridized carbons (Fsp3) is 0.462. The van der Waals surface area contributed by atoms with Gasteiger partial charge < -0.3 is 10.6 Å². The van der Waals surface area contributed by atoms with Crippen molar-refractivity contribution in [3.05, 3.63) is 39.4 Å². The number of benzene rings is 1. The molecule has 0 bridgehead atoms. The van der Waals surface area contributed by atoms with E-state index in [0.717, 1.165) is 6.54 Å². The quantitative estimate of drug-likeness (QED) is 0.461. The van der Waals surface area contributed by atoms with Crippen LogP contribution in [0.25, 0.3) is 0 Å². The number of nitro groups is 1. The van der Waals surface area contributed by atoms with Gasteiger partial charge in [0.2, 0.25) is 0 Å². The van der Waals surface area contributed by atoms with Crippen LogP contribution < -0.4 is 10.6 Å². The molecular formula is C13H17N3O3. The third kappa shape index (κ3) is 4.03. The van der Waals surface area contributed by atoms with Gasteiger partial charge in [-0.15, -0.1) is 0 Å². The van der Waals surface area contributed by atoms with Gasteiger partial charge >= 0.3 is 0 Å². The second-order valence-electron chi connectivity index (χ2n) is 4.80. The number of hydrogen-bond acceptors (Lipinski definition) is 4. The van der Waals surface area contributed by atoms with Gasteiger partial charge in [0.1, 0.15) is 0 Å². The number of non-ortho nitro benzene ring substituents is 1. The molecule has 1 aromatic rings. The number of amides is 1. The van der Waals surface area contributed by atoms with Crippen molar-refractivity contribution in [3.8, 4) is 0 Å². The first-order valence-electron chi connectivity index (χ1n) is 6.34. The lowest BCUT2D eigenvalue weighted by molar-refractivity contribution is -0.384. The largest absolute Gasteiger partial charge is 0.351 e. The minimum Gasteiger partial charge on any atom is -0.351 e. The summed E-state index contributed by atoms with van der Waals surface area (Å²) in [4.78, 5) is 22.1. The SMILES string of the molecule is Cc1cc(C(=O)NCCNC2CC2)cc([N+](=O)[O-])c1. The fourth-order valence-electron chi connectivity index (χ4n) is 1.84. The molecule has 2 rings (SSSR count). The normalized spacial score (nSPS) is 14.2. The van der Waals surface area contributed by atoms with E-state index < -0.39 is 4.92 Å². The van der Waals surface area contributed by atoms with Gasteiger partial charge in [-0.3, -0.25) is 14.9 Å². The van der Waals surface area contributed by atoms with E-state index in [9.17, 15) is 14.9 Å². The highest BCUT2D eigenvalue weighted by Crippen LogP contribution is 2.18. The predicted octanol–water partition coefficient (Wildman–Crippen LogP) is 1.39. The Morgan fingerprint density at radius 1 is 1.37 bits per heavy atom. The topological polar surface area (TPSA) is 84.3 Å². The van der Waals surface area contributed by atoms with E-state index in [1.165, 1.54) is 25.0 Å². The number of carbonyl (C=O) groups is 1. The van der Waals surface area contributed by atoms with Crippen LogP contribution in [0, 0.1) is 17.0 Å². The maximum Gasteiger partial charge on any atom is 0.270 e. The van der Waals surface area contributed by atoms with E-state index in [1.807, 2.05) is 0 Å². The Kier molecular flexibility index (Phi) is 4.11. The molecule has 0 atom stereocenters. The smallest absolute Gasteiger partial charge is 0.270 e. The first-order valence-corrected chi connectivity index (χ1v) is 6.34. The van der Waals surface area contributed by atoms with Gasteiger partial charge in [0.15, 0.2) is 0 Å². The van der Waals surface area contributed by atoms with Gasteiger partial charge in [-0.25, -0.2) is 0 Å². The lowest BCUT2D eigenvalue weighted by Crippen LogP contribution is -2.32. The van der Waals surface area contributed by atoms with Crippen molar-refractivity contribution >= 4 is 11.6 Å². The van der Waals surface area contributed by atoms with Crippen molar-refractivity contribution in [1.29, 1.82) is 0 Å². The maximum atomic E-state index is 11.9. The summed E-state index contributed by atoms with van der Waals surface area (Å²) in [5.41, 5.74) is 0.981. The molecule has 2 N–H and O–H groups in total. The monoisotopic (exact) mass is 263 g/mol. The average Bonchev–Trinajstić information content (AvgIpc) is 3.17. The zero-order valence-corrected chi connectivity index (χ0v) is 10.8. The van der Waals surface area contributed by atoms with Gasteiger partial charge in [0, 0.05) is 36.8 Å². The van der Waals surface area contributed by atoms with Crippen LogP contribution in [0.4, 0.5) is 5.69 Å². The van der Waals surface area contributed by atoms with E-state index in [0.29, 0.717) is 23.7 Å². The summed E-state index contributed by atoms with van der Waals surface area (Å²) in [6.45, 7) is 2.99. The second-order valence-corrected chi connectivity index (χ2v) is 4.80. The van der Waals surface area contributed by atoms with Crippen molar-refractivity contribution < 1.29 is 9.72 Å². The molecule has 102 valence electrons. The number of aryl methyl sites for hydroxylation is 1. The summed E-state index contributed by atoms with van der Waals surface area (Å²) in [5, 5.41) is 16.8. The predicted molar refractivity (Wildman–Crippen MR) is 71.2 cm³/mol. The van der Waals surface area contributed by atoms with Gasteiger partial charge in [-0.2, -0.15) is 0 Å². The van der Waals surface area contributed by atoms with Gasteiger partial charge in [-0.1, -0.05) is 0 Å². The Bertz CT molecular complexity index is 498. The molecule has 0 spiro atoms. The molecule has 1 aliphatic rings. The molecule has 0 radical (unpaired) electrons. The molecule has 0 saturated heterocycles. The molecule has 1 saturated carbocycles. The van der Waals surface area contributed by atoms with Crippen molar-refractivity contribution in [1.82, 2.24) is 10.6 Å². The van der Waals surface area contributed by atoms with Crippen LogP contribution >= 0.6 is 0 Å². The van der Waals surface area contributed by atoms with Crippen molar-refractivity contribution in [2.45, 2.75) is 25.8 Å². The van der Waals surface area contributed by atoms with E-state index in [1.54, 1.807) is 13.0 Å². The first kappa shape index (κ1) is 13.5. The van der Waals surface area contributed by atoms with E-state index >= 15 is 0 Å². The Morgan fingerprint density at radius 3 is 2.74 bits per heavy atom. The zero-order chi connectivity index (χ0) is 13.8. The Morgan fingerprint density at radius 2 is 2.11 bits per heavy atom. The van der Waals surface area contributed by atoms with Crippen LogP contribution in [0.2, 0.25) is 0 Å². The summed E-state index contributed by atoms with van der Waals surface area (Å²) in [6.07, 6.45) is 2.41. The first-order chi connectivity index (χ1) is 9.06. The average molecular weight is 263 g/mol. The molecule has 6 nitrogen and oxygen atoms in total. The standard InChI is InChI=1S/C13H17N3O3/c1-9-6-10(8-12(7-9)16(18)19)13(17)15-5-4-14-11-2-3-11/h6-8,11,14H,2-5H2,1H3,(H,15,17). The highest BCUT2D eigenvalue weighted by atomic mass is 16.6. The van der Waals surface area contributed by atoms with Gasteiger partial charge in [0.25, 0.3) is 11.6 Å². The molecule has 0 unspecified atom stereocenters. The lowest BCUT2D eigenvalue weighted by atomic mass is 10.1. The molecule has 0 aromatic heterocycles. The Labute approximate surface area is 111 Å². The minimum absolute atomic E-state index is 0.0544. The number of nitrogens with zero attached hydrogens (tertiary/aromatic N) is 1. The fourth-order valence-corrected chi connectivity index (χ4v) is 1.84. The molecular weight excluding hydrogens is 246 g/mol. The van der Waals surface area contributed by atoms with E-state index in [2.05, 4.69) is 10.6 Å². The third-order valence-corrected chi connectivity index (χ3v) is 2.96. The van der Waals surface area contributed by atoms with Crippen molar-refractivity contribution in [2.75, 3.05) is 13.1 Å². The van der Waals surface area contributed by atoms with Crippen LogP contribution in [0.15, 0.2) is 18.2 Å². The van der Waals surface area contributed by atoms with Crippen LogP contribution in [-0.4, -0.2) is 30.0 Å². The Hall–Kier alpha value is -1.95. The van der Waals surface area contributed by atoms with Crippen molar-refractivity contribution in [3.63, 3.8) is 0 Å². The third-order valence-electron chi connectivity index (χ3n) is 2.96. The zero-order valence-electron chi connectivity index (χ0n) is 10.8. The van der Waals surface area contributed by atoms with Crippen LogP contribution in [-0.2, 0) is 0 Å². The summed E-state index contributed by atoms with van der Waals surface area (Å²) >= 11 is 0. The molecule has 0 aliphatic heterocycles. The summed E-state index contributed by atoms with van der Waals surface area (Å²) in [6, 6.07) is 5.01. The summed E-state index contributed by atoms with van der Waals surface area (Å²) < 4.78 is 0. The summed E-state index contributed by atoms with van der Waals surface area (Å²) in [7, 11) is 0. The van der Waals surface area contributed by atoms with Crippen LogP contribution in [0.3, 0.4) is 0 Å². The molecule has 1 fully saturated rings. The van der Waals surface area contributed by atoms with E-state index in [-0.39, 0.29) is 11.6 Å². The minimum atomic E-state index is -0.488. The molecule has 6 heteroatoms. The van der Waals surface area contributed by atoms with Crippen LogP contribution in [0.5, 0.6) is 0 Å². The molecule has 19 heavy (non-hydrogen) atoms. The summed E-state index contributed by atoms with van der Waals surface area (Å²) in [5.74, 6) is -0.274. The molecule has 1 amide bonds. The van der Waals surface area contributed by atoms with Crippen molar-refractivity contribution in [2.24, 2.45) is 0 Å². The highest BCUT2D eigenvalue weighted by molar-refractivity contribution is 5.95. The number of nitro benzene ring substituents is 1. The van der Waals surface area contributed by atoms with Gasteiger partial charge in [-0.05, 0) is 31.4 Å². The molecule has 1 aromatic carbocycles. The maximum absolute atomic E-state index is 11.9.